The first-order chi connectivity index (χ1) is 12.6. The average molecular weight is 380 g/mol. The number of benzene rings is 2. The van der Waals surface area contributed by atoms with Crippen molar-refractivity contribution in [3.63, 3.8) is 0 Å². The van der Waals surface area contributed by atoms with Gasteiger partial charge in [-0.3, -0.25) is 9.59 Å². The normalized spacial score (nSPS) is 13.7. The molecule has 5 nitrogen and oxygen atoms in total. The highest BCUT2D eigenvalue weighted by molar-refractivity contribution is 5.89. The highest BCUT2D eigenvalue weighted by Crippen LogP contribution is 2.30. The highest BCUT2D eigenvalue weighted by atomic mass is 19.4. The molecule has 144 valence electrons. The van der Waals surface area contributed by atoms with Gasteiger partial charge < -0.3 is 16.2 Å². The van der Waals surface area contributed by atoms with Crippen LogP contribution in [0.4, 0.5) is 13.2 Å². The molecule has 0 bridgehead atoms. The number of aliphatic hydroxyl groups excluding tert-OH is 1. The van der Waals surface area contributed by atoms with Crippen molar-refractivity contribution in [3.05, 3.63) is 70.8 Å². The lowest BCUT2D eigenvalue weighted by Gasteiger charge is -2.19. The molecule has 0 spiro atoms. The Balaban J connectivity index is 2.10. The first kappa shape index (κ1) is 20.4. The first-order valence-corrected chi connectivity index (χ1v) is 8.09. The van der Waals surface area contributed by atoms with Gasteiger partial charge in [0.25, 0.3) is 5.91 Å². The largest absolute Gasteiger partial charge is 0.416 e. The van der Waals surface area contributed by atoms with E-state index in [4.69, 9.17) is 5.73 Å². The van der Waals surface area contributed by atoms with Crippen molar-refractivity contribution in [3.8, 4) is 0 Å². The average Bonchev–Trinajstić information content (AvgIpc) is 2.61. The number of nitrogens with one attached hydrogen (secondary N) is 1. The molecule has 2 atom stereocenters. The minimum absolute atomic E-state index is 0.0281. The summed E-state index contributed by atoms with van der Waals surface area (Å²) in [4.78, 5) is 23.9. The van der Waals surface area contributed by atoms with E-state index < -0.39 is 35.7 Å². The van der Waals surface area contributed by atoms with Crippen LogP contribution in [0, 0.1) is 6.92 Å². The molecular weight excluding hydrogens is 361 g/mol. The molecule has 0 saturated carbocycles. The van der Waals surface area contributed by atoms with Crippen LogP contribution < -0.4 is 11.1 Å². The number of primary amides is 1. The minimum atomic E-state index is -4.52. The van der Waals surface area contributed by atoms with Crippen molar-refractivity contribution in [1.82, 2.24) is 5.32 Å². The molecule has 2 amide bonds. The number of carbonyl (C=O) groups excluding carboxylic acids is 2. The van der Waals surface area contributed by atoms with Crippen molar-refractivity contribution in [1.29, 1.82) is 0 Å². The number of nitrogens with two attached hydrogens (primary N) is 1. The van der Waals surface area contributed by atoms with Crippen LogP contribution in [0.5, 0.6) is 0 Å². The van der Waals surface area contributed by atoms with Gasteiger partial charge in [0, 0.05) is 6.42 Å². The van der Waals surface area contributed by atoms with Crippen LogP contribution in [0.1, 0.15) is 28.4 Å². The van der Waals surface area contributed by atoms with E-state index in [9.17, 15) is 27.9 Å². The van der Waals surface area contributed by atoms with Gasteiger partial charge in [-0.1, -0.05) is 36.4 Å². The third kappa shape index (κ3) is 5.30. The molecule has 0 aromatic heterocycles. The lowest BCUT2D eigenvalue weighted by Crippen LogP contribution is -2.47. The fourth-order valence-corrected chi connectivity index (χ4v) is 2.54. The molecule has 0 aliphatic carbocycles. The summed E-state index contributed by atoms with van der Waals surface area (Å²) in [5.74, 6) is -1.71. The molecule has 0 aliphatic rings. The summed E-state index contributed by atoms with van der Waals surface area (Å²) in [6.45, 7) is 1.84. The van der Waals surface area contributed by atoms with Crippen molar-refractivity contribution in [2.24, 2.45) is 5.73 Å². The summed E-state index contributed by atoms with van der Waals surface area (Å²) < 4.78 is 37.8. The maximum atomic E-state index is 12.6. The summed E-state index contributed by atoms with van der Waals surface area (Å²) in [5.41, 5.74) is 6.11. The number of aryl methyl sites for hydroxylation is 1. The van der Waals surface area contributed by atoms with Crippen LogP contribution in [-0.2, 0) is 22.2 Å². The van der Waals surface area contributed by atoms with Crippen LogP contribution in [0.15, 0.2) is 48.5 Å². The van der Waals surface area contributed by atoms with E-state index in [1.807, 2.05) is 19.1 Å². The molecule has 2 rings (SSSR count). The van der Waals surface area contributed by atoms with Gasteiger partial charge in [-0.2, -0.15) is 13.2 Å². The summed E-state index contributed by atoms with van der Waals surface area (Å²) in [7, 11) is 0. The van der Waals surface area contributed by atoms with E-state index in [1.54, 1.807) is 12.1 Å². The van der Waals surface area contributed by atoms with E-state index in [-0.39, 0.29) is 12.0 Å². The number of hydrogen-bond donors (Lipinski definition) is 3. The van der Waals surface area contributed by atoms with Gasteiger partial charge in [0.05, 0.1) is 5.56 Å². The van der Waals surface area contributed by atoms with Crippen LogP contribution in [0.25, 0.3) is 0 Å². The van der Waals surface area contributed by atoms with E-state index in [1.165, 1.54) is 0 Å². The molecule has 0 heterocycles. The van der Waals surface area contributed by atoms with Gasteiger partial charge >= 0.3 is 6.18 Å². The zero-order valence-electron chi connectivity index (χ0n) is 14.5. The lowest BCUT2D eigenvalue weighted by atomic mass is 10.00. The monoisotopic (exact) mass is 380 g/mol. The van der Waals surface area contributed by atoms with Crippen LogP contribution >= 0.6 is 0 Å². The topological polar surface area (TPSA) is 92.4 Å². The van der Waals surface area contributed by atoms with Crippen molar-refractivity contribution < 1.29 is 27.9 Å². The SMILES string of the molecule is Cc1ccccc1C[C@H](NC(=O)[C@H](O)c1ccc(C(F)(F)F)cc1)C(N)=O. The predicted octanol–water partition coefficient (Wildman–Crippen LogP) is 2.26. The standard InChI is InChI=1S/C19H19F3N2O3/c1-11-4-2-3-5-13(11)10-15(17(23)26)24-18(27)16(25)12-6-8-14(9-7-12)19(20,21)22/h2-9,15-16,25H,10H2,1H3,(H2,23,26)(H,24,27)/t15-,16+/m0/s1. The van der Waals surface area contributed by atoms with Gasteiger partial charge in [-0.25, -0.2) is 0 Å². The molecule has 4 N–H and O–H groups in total. The minimum Gasteiger partial charge on any atom is -0.378 e. The smallest absolute Gasteiger partial charge is 0.378 e. The number of alkyl halides is 3. The molecule has 2 aromatic carbocycles. The Morgan fingerprint density at radius 3 is 2.22 bits per heavy atom. The second-order valence-electron chi connectivity index (χ2n) is 6.12. The molecule has 2 aromatic rings. The summed E-state index contributed by atoms with van der Waals surface area (Å²) in [5, 5.41) is 12.4. The number of aliphatic hydroxyl groups is 1. The maximum absolute atomic E-state index is 12.6. The van der Waals surface area contributed by atoms with Crippen molar-refractivity contribution in [2.45, 2.75) is 31.7 Å². The molecule has 27 heavy (non-hydrogen) atoms. The second-order valence-corrected chi connectivity index (χ2v) is 6.12. The predicted molar refractivity (Wildman–Crippen MR) is 92.4 cm³/mol. The molecular formula is C19H19F3N2O3. The Kier molecular flexibility index (Phi) is 6.22. The molecule has 0 fully saturated rings. The Bertz CT molecular complexity index is 820. The Labute approximate surface area is 154 Å². The summed E-state index contributed by atoms with van der Waals surface area (Å²) in [6.07, 6.45) is -6.12. The fraction of sp³-hybridized carbons (Fsp3) is 0.263. The number of halogens is 3. The fourth-order valence-electron chi connectivity index (χ4n) is 2.54. The zero-order valence-corrected chi connectivity index (χ0v) is 14.5. The van der Waals surface area contributed by atoms with E-state index in [2.05, 4.69) is 5.32 Å². The summed E-state index contributed by atoms with van der Waals surface area (Å²) >= 11 is 0. The van der Waals surface area contributed by atoms with Crippen LogP contribution in [0.3, 0.4) is 0 Å². The summed E-state index contributed by atoms with van der Waals surface area (Å²) in [6, 6.07) is 9.71. The number of carbonyl (C=O) groups is 2. The van der Waals surface area contributed by atoms with E-state index in [0.717, 1.165) is 35.4 Å². The van der Waals surface area contributed by atoms with E-state index in [0.29, 0.717) is 0 Å². The van der Waals surface area contributed by atoms with Gasteiger partial charge in [-0.15, -0.1) is 0 Å². The second kappa shape index (κ2) is 8.22. The molecule has 0 radical (unpaired) electrons. The highest BCUT2D eigenvalue weighted by Gasteiger charge is 2.31. The first-order valence-electron chi connectivity index (χ1n) is 8.09. The van der Waals surface area contributed by atoms with Crippen molar-refractivity contribution >= 4 is 11.8 Å². The van der Waals surface area contributed by atoms with Gasteiger partial charge in [0.1, 0.15) is 6.04 Å². The number of amides is 2. The molecule has 8 heteroatoms. The Morgan fingerprint density at radius 1 is 1.11 bits per heavy atom. The quantitative estimate of drug-likeness (QED) is 0.718. The maximum Gasteiger partial charge on any atom is 0.416 e. The molecule has 0 aliphatic heterocycles. The van der Waals surface area contributed by atoms with Gasteiger partial charge in [0.2, 0.25) is 5.91 Å². The Hall–Kier alpha value is -2.87. The number of rotatable bonds is 6. The van der Waals surface area contributed by atoms with E-state index >= 15 is 0 Å². The number of hydrogen-bond acceptors (Lipinski definition) is 3. The lowest BCUT2D eigenvalue weighted by molar-refractivity contribution is -0.137. The molecule has 0 saturated heterocycles. The Morgan fingerprint density at radius 2 is 1.70 bits per heavy atom. The van der Waals surface area contributed by atoms with Gasteiger partial charge in [-0.05, 0) is 35.7 Å². The van der Waals surface area contributed by atoms with Crippen LogP contribution in [-0.4, -0.2) is 23.0 Å². The van der Waals surface area contributed by atoms with Crippen molar-refractivity contribution in [2.75, 3.05) is 0 Å². The molecule has 0 unspecified atom stereocenters. The third-order valence-electron chi connectivity index (χ3n) is 4.15. The van der Waals surface area contributed by atoms with Crippen LogP contribution in [0.2, 0.25) is 0 Å². The third-order valence-corrected chi connectivity index (χ3v) is 4.15. The zero-order chi connectivity index (χ0) is 20.2. The van der Waals surface area contributed by atoms with Gasteiger partial charge in [0.15, 0.2) is 6.10 Å².